The number of benzene rings is 2. The number of ether oxygens (including phenoxy) is 3. The molecule has 1 aliphatic heterocycles. The van der Waals surface area contributed by atoms with Gasteiger partial charge in [0.2, 0.25) is 0 Å². The standard InChI is InChI=1S/C20H27NO3Si/c1-22-16-13-18(23-2)20(19(14-16)24-3)25(11-9-15(21)10-12-25)17-7-5-4-6-8-17/h4-8,13-15H,9-12,21H2,1-3H3. The molecule has 2 aromatic rings. The molecule has 0 bridgehead atoms. The maximum absolute atomic E-state index is 6.24. The number of methoxy groups -OCH3 is 3. The molecule has 4 nitrogen and oxygen atoms in total. The summed E-state index contributed by atoms with van der Waals surface area (Å²) in [7, 11) is 3.08. The van der Waals surface area contributed by atoms with Crippen molar-refractivity contribution in [1.29, 1.82) is 0 Å². The van der Waals surface area contributed by atoms with Crippen LogP contribution in [0.2, 0.25) is 12.1 Å². The molecule has 0 aliphatic carbocycles. The molecule has 1 aliphatic rings. The van der Waals surface area contributed by atoms with Gasteiger partial charge in [-0.05, 0) is 24.9 Å². The van der Waals surface area contributed by atoms with Gasteiger partial charge in [-0.1, -0.05) is 35.5 Å². The van der Waals surface area contributed by atoms with Gasteiger partial charge in [0.25, 0.3) is 0 Å². The average Bonchev–Trinajstić information content (AvgIpc) is 2.68. The Kier molecular flexibility index (Phi) is 5.35. The minimum Gasteiger partial charge on any atom is -0.497 e. The van der Waals surface area contributed by atoms with E-state index < -0.39 is 8.07 Å². The van der Waals surface area contributed by atoms with E-state index in [0.717, 1.165) is 42.2 Å². The predicted molar refractivity (Wildman–Crippen MR) is 104 cm³/mol. The zero-order valence-electron chi connectivity index (χ0n) is 15.2. The lowest BCUT2D eigenvalue weighted by Gasteiger charge is -2.39. The van der Waals surface area contributed by atoms with Crippen molar-refractivity contribution in [3.8, 4) is 17.2 Å². The molecule has 0 amide bonds. The van der Waals surface area contributed by atoms with Gasteiger partial charge in [-0.2, -0.15) is 0 Å². The second-order valence-corrected chi connectivity index (χ2v) is 10.9. The molecule has 0 radical (unpaired) electrons. The largest absolute Gasteiger partial charge is 0.497 e. The third-order valence-electron chi connectivity index (χ3n) is 5.40. The molecular weight excluding hydrogens is 330 g/mol. The predicted octanol–water partition coefficient (Wildman–Crippen LogP) is 2.40. The maximum Gasteiger partial charge on any atom is 0.127 e. The van der Waals surface area contributed by atoms with Crippen molar-refractivity contribution in [3.05, 3.63) is 42.5 Å². The molecule has 0 unspecified atom stereocenters. The Hall–Kier alpha value is -1.98. The summed E-state index contributed by atoms with van der Waals surface area (Å²) in [4.78, 5) is 0. The van der Waals surface area contributed by atoms with E-state index >= 15 is 0 Å². The fourth-order valence-corrected chi connectivity index (χ4v) is 9.52. The van der Waals surface area contributed by atoms with Gasteiger partial charge in [-0.25, -0.2) is 0 Å². The van der Waals surface area contributed by atoms with E-state index in [1.807, 2.05) is 12.1 Å². The van der Waals surface area contributed by atoms with Crippen molar-refractivity contribution in [1.82, 2.24) is 0 Å². The van der Waals surface area contributed by atoms with Crippen molar-refractivity contribution in [2.75, 3.05) is 21.3 Å². The summed E-state index contributed by atoms with van der Waals surface area (Å²) in [6.45, 7) is 0. The van der Waals surface area contributed by atoms with Crippen molar-refractivity contribution < 1.29 is 14.2 Å². The molecule has 0 spiro atoms. The summed E-state index contributed by atoms with van der Waals surface area (Å²) in [6.07, 6.45) is 2.08. The zero-order chi connectivity index (χ0) is 17.9. The second kappa shape index (κ2) is 7.50. The molecule has 1 saturated heterocycles. The van der Waals surface area contributed by atoms with Gasteiger partial charge in [0.1, 0.15) is 25.3 Å². The molecule has 5 heteroatoms. The number of hydrogen-bond acceptors (Lipinski definition) is 4. The minimum absolute atomic E-state index is 0.291. The monoisotopic (exact) mass is 357 g/mol. The van der Waals surface area contributed by atoms with E-state index in [1.165, 1.54) is 10.4 Å². The molecule has 1 heterocycles. The minimum atomic E-state index is -2.03. The molecule has 0 aromatic heterocycles. The molecule has 1 fully saturated rings. The first-order chi connectivity index (χ1) is 12.1. The van der Waals surface area contributed by atoms with Crippen LogP contribution in [0, 0.1) is 0 Å². The summed E-state index contributed by atoms with van der Waals surface area (Å²) in [5.41, 5.74) is 6.24. The van der Waals surface area contributed by atoms with Crippen LogP contribution >= 0.6 is 0 Å². The van der Waals surface area contributed by atoms with Gasteiger partial charge < -0.3 is 19.9 Å². The quantitative estimate of drug-likeness (QED) is 0.835. The van der Waals surface area contributed by atoms with Gasteiger partial charge in [0, 0.05) is 23.4 Å². The van der Waals surface area contributed by atoms with Gasteiger partial charge >= 0.3 is 0 Å². The maximum atomic E-state index is 6.24. The number of hydrogen-bond donors (Lipinski definition) is 1. The van der Waals surface area contributed by atoms with E-state index in [0.29, 0.717) is 6.04 Å². The van der Waals surface area contributed by atoms with Gasteiger partial charge in [0.15, 0.2) is 0 Å². The van der Waals surface area contributed by atoms with Crippen LogP contribution in [0.1, 0.15) is 12.8 Å². The van der Waals surface area contributed by atoms with Crippen LogP contribution in [0.3, 0.4) is 0 Å². The van der Waals surface area contributed by atoms with Crippen molar-refractivity contribution >= 4 is 18.4 Å². The lowest BCUT2D eigenvalue weighted by molar-refractivity contribution is 0.379. The lowest BCUT2D eigenvalue weighted by Crippen LogP contribution is -2.61. The topological polar surface area (TPSA) is 53.7 Å². The van der Waals surface area contributed by atoms with Crippen molar-refractivity contribution in [2.45, 2.75) is 31.0 Å². The second-order valence-electron chi connectivity index (χ2n) is 6.69. The van der Waals surface area contributed by atoms with Crippen molar-refractivity contribution in [3.63, 3.8) is 0 Å². The summed E-state index contributed by atoms with van der Waals surface area (Å²) in [5.74, 6) is 2.48. The third kappa shape index (κ3) is 3.26. The molecule has 0 atom stereocenters. The van der Waals surface area contributed by atoms with Crippen LogP contribution < -0.4 is 30.3 Å². The Labute approximate surface area is 150 Å². The Bertz CT molecular complexity index is 687. The SMILES string of the molecule is COc1cc(OC)c([Si]2(c3ccccc3)CCC(N)CC2)c(OC)c1. The average molecular weight is 358 g/mol. The normalized spacial score (nSPS) is 23.1. The fraction of sp³-hybridized carbons (Fsp3) is 0.400. The summed E-state index contributed by atoms with van der Waals surface area (Å²) < 4.78 is 17.0. The fourth-order valence-electron chi connectivity index (χ4n) is 4.05. The Morgan fingerprint density at radius 1 is 0.880 bits per heavy atom. The third-order valence-corrected chi connectivity index (χ3v) is 10.6. The molecule has 2 aromatic carbocycles. The first-order valence-corrected chi connectivity index (χ1v) is 11.2. The molecule has 0 saturated carbocycles. The first kappa shape index (κ1) is 17.8. The van der Waals surface area contributed by atoms with Crippen LogP contribution in [0.25, 0.3) is 0 Å². The van der Waals surface area contributed by atoms with Crippen LogP contribution in [-0.4, -0.2) is 35.4 Å². The van der Waals surface area contributed by atoms with Gasteiger partial charge in [-0.15, -0.1) is 0 Å². The van der Waals surface area contributed by atoms with E-state index in [4.69, 9.17) is 19.9 Å². The van der Waals surface area contributed by atoms with Crippen LogP contribution in [0.4, 0.5) is 0 Å². The highest BCUT2D eigenvalue weighted by molar-refractivity contribution is 7.03. The van der Waals surface area contributed by atoms with Crippen LogP contribution in [-0.2, 0) is 0 Å². The molecule has 2 N–H and O–H groups in total. The van der Waals surface area contributed by atoms with E-state index in [-0.39, 0.29) is 0 Å². The van der Waals surface area contributed by atoms with Crippen LogP contribution in [0.15, 0.2) is 42.5 Å². The van der Waals surface area contributed by atoms with Gasteiger partial charge in [0.05, 0.1) is 21.3 Å². The first-order valence-electron chi connectivity index (χ1n) is 8.76. The van der Waals surface area contributed by atoms with E-state index in [1.54, 1.807) is 21.3 Å². The Balaban J connectivity index is 2.24. The Morgan fingerprint density at radius 2 is 1.44 bits per heavy atom. The zero-order valence-corrected chi connectivity index (χ0v) is 16.2. The molecule has 3 rings (SSSR count). The van der Waals surface area contributed by atoms with Gasteiger partial charge in [-0.3, -0.25) is 0 Å². The Morgan fingerprint density at radius 3 is 1.92 bits per heavy atom. The highest BCUT2D eigenvalue weighted by Gasteiger charge is 2.44. The van der Waals surface area contributed by atoms with E-state index in [9.17, 15) is 0 Å². The number of rotatable bonds is 5. The summed E-state index contributed by atoms with van der Waals surface area (Å²) in [5, 5.41) is 2.65. The summed E-state index contributed by atoms with van der Waals surface area (Å²) >= 11 is 0. The lowest BCUT2D eigenvalue weighted by atomic mass is 10.2. The highest BCUT2D eigenvalue weighted by atomic mass is 28.3. The molecule has 25 heavy (non-hydrogen) atoms. The van der Waals surface area contributed by atoms with Crippen LogP contribution in [0.5, 0.6) is 17.2 Å². The van der Waals surface area contributed by atoms with E-state index in [2.05, 4.69) is 30.3 Å². The smallest absolute Gasteiger partial charge is 0.127 e. The molecule has 134 valence electrons. The summed E-state index contributed by atoms with van der Waals surface area (Å²) in [6, 6.07) is 17.3. The number of nitrogens with two attached hydrogens (primary N) is 1. The highest BCUT2D eigenvalue weighted by Crippen LogP contribution is 2.36. The van der Waals surface area contributed by atoms with Crippen molar-refractivity contribution in [2.24, 2.45) is 5.73 Å². The molecular formula is C20H27NO3Si.